The summed E-state index contributed by atoms with van der Waals surface area (Å²) < 4.78 is 24.0. The summed E-state index contributed by atoms with van der Waals surface area (Å²) in [5, 5.41) is 14.6. The molecule has 7 nitrogen and oxygen atoms in total. The Morgan fingerprint density at radius 1 is 1.25 bits per heavy atom. The summed E-state index contributed by atoms with van der Waals surface area (Å²) in [7, 11) is -3.70. The van der Waals surface area contributed by atoms with Crippen molar-refractivity contribution in [3.05, 3.63) is 28.2 Å². The van der Waals surface area contributed by atoms with Crippen molar-refractivity contribution in [1.82, 2.24) is 9.21 Å². The predicted octanol–water partition coefficient (Wildman–Crippen LogP) is 0.116. The van der Waals surface area contributed by atoms with Gasteiger partial charge >= 0.3 is 0 Å². The molecule has 3 N–H and O–H groups in total. The van der Waals surface area contributed by atoms with Crippen molar-refractivity contribution in [3.63, 3.8) is 0 Å². The minimum atomic E-state index is -3.70. The minimum Gasteiger partial charge on any atom is -0.507 e. The molecule has 0 spiro atoms. The molecule has 1 aromatic carbocycles. The summed E-state index contributed by atoms with van der Waals surface area (Å²) >= 11 is 3.14. The molecule has 2 rings (SSSR count). The second-order valence-electron chi connectivity index (χ2n) is 4.40. The van der Waals surface area contributed by atoms with Gasteiger partial charge in [0, 0.05) is 31.7 Å². The Bertz CT molecular complexity index is 627. The van der Waals surface area contributed by atoms with Crippen LogP contribution in [0, 0.1) is 0 Å². The first-order valence-corrected chi connectivity index (χ1v) is 8.14. The van der Waals surface area contributed by atoms with E-state index in [-0.39, 0.29) is 37.8 Å². The number of phenolic OH excluding ortho intramolecular Hbond substituents is 1. The van der Waals surface area contributed by atoms with E-state index in [0.717, 1.165) is 4.31 Å². The zero-order chi connectivity index (χ0) is 14.9. The zero-order valence-electron chi connectivity index (χ0n) is 10.5. The van der Waals surface area contributed by atoms with E-state index in [1.807, 2.05) is 0 Å². The van der Waals surface area contributed by atoms with E-state index >= 15 is 0 Å². The number of nitrogens with zero attached hydrogens (tertiary/aromatic N) is 2. The van der Waals surface area contributed by atoms with E-state index in [9.17, 15) is 18.3 Å². The van der Waals surface area contributed by atoms with Crippen LogP contribution >= 0.6 is 15.9 Å². The van der Waals surface area contributed by atoms with Crippen LogP contribution in [0.4, 0.5) is 0 Å². The molecular weight excluding hydrogens is 350 g/mol. The van der Waals surface area contributed by atoms with E-state index in [2.05, 4.69) is 15.9 Å². The van der Waals surface area contributed by atoms with E-state index in [1.165, 1.54) is 11.0 Å². The van der Waals surface area contributed by atoms with Crippen LogP contribution in [-0.2, 0) is 10.2 Å². The van der Waals surface area contributed by atoms with Crippen LogP contribution in [-0.4, -0.2) is 54.8 Å². The zero-order valence-corrected chi connectivity index (χ0v) is 12.9. The number of carbonyl (C=O) groups excluding carboxylic acids is 1. The molecule has 1 saturated heterocycles. The van der Waals surface area contributed by atoms with Crippen molar-refractivity contribution in [2.24, 2.45) is 5.14 Å². The Morgan fingerprint density at radius 2 is 1.85 bits per heavy atom. The lowest BCUT2D eigenvalue weighted by molar-refractivity contribution is 0.0697. The van der Waals surface area contributed by atoms with Gasteiger partial charge in [-0.1, -0.05) is 0 Å². The largest absolute Gasteiger partial charge is 0.507 e. The first kappa shape index (κ1) is 15.2. The maximum atomic E-state index is 12.2. The van der Waals surface area contributed by atoms with Gasteiger partial charge < -0.3 is 10.0 Å². The van der Waals surface area contributed by atoms with Crippen molar-refractivity contribution in [1.29, 1.82) is 0 Å². The highest BCUT2D eigenvalue weighted by Crippen LogP contribution is 2.25. The average Bonchev–Trinajstić information content (AvgIpc) is 2.40. The molecule has 0 unspecified atom stereocenters. The Kier molecular flexibility index (Phi) is 4.33. The van der Waals surface area contributed by atoms with Gasteiger partial charge in [0.25, 0.3) is 16.1 Å². The van der Waals surface area contributed by atoms with E-state index < -0.39 is 10.2 Å². The molecule has 0 saturated carbocycles. The van der Waals surface area contributed by atoms with Gasteiger partial charge in [-0.2, -0.15) is 12.7 Å². The maximum Gasteiger partial charge on any atom is 0.277 e. The van der Waals surface area contributed by atoms with Gasteiger partial charge in [-0.15, -0.1) is 0 Å². The fourth-order valence-electron chi connectivity index (χ4n) is 1.97. The molecule has 0 aliphatic carbocycles. The molecule has 0 aromatic heterocycles. The molecule has 20 heavy (non-hydrogen) atoms. The summed E-state index contributed by atoms with van der Waals surface area (Å²) in [4.78, 5) is 13.8. The van der Waals surface area contributed by atoms with Crippen LogP contribution in [0.2, 0.25) is 0 Å². The van der Waals surface area contributed by atoms with Gasteiger partial charge in [0.1, 0.15) is 5.75 Å². The second kappa shape index (κ2) is 5.68. The molecule has 1 aliphatic rings. The third-order valence-electron chi connectivity index (χ3n) is 3.08. The topological polar surface area (TPSA) is 104 Å². The van der Waals surface area contributed by atoms with Crippen LogP contribution in [0.5, 0.6) is 5.75 Å². The summed E-state index contributed by atoms with van der Waals surface area (Å²) in [5.74, 6) is -0.263. The smallest absolute Gasteiger partial charge is 0.277 e. The SMILES string of the molecule is NS(=O)(=O)N1CCN(C(=O)c2ccc(Br)c(O)c2)CC1. The lowest BCUT2D eigenvalue weighted by atomic mass is 10.2. The number of benzene rings is 1. The lowest BCUT2D eigenvalue weighted by Crippen LogP contribution is -2.52. The molecule has 0 atom stereocenters. The van der Waals surface area contributed by atoms with E-state index in [0.29, 0.717) is 10.0 Å². The van der Waals surface area contributed by atoms with Crippen LogP contribution < -0.4 is 5.14 Å². The summed E-state index contributed by atoms with van der Waals surface area (Å²) in [6, 6.07) is 4.56. The molecule has 0 radical (unpaired) electrons. The van der Waals surface area contributed by atoms with Crippen molar-refractivity contribution in [2.45, 2.75) is 0 Å². The highest BCUT2D eigenvalue weighted by Gasteiger charge is 2.27. The van der Waals surface area contributed by atoms with Crippen molar-refractivity contribution >= 4 is 32.0 Å². The minimum absolute atomic E-state index is 0.0148. The number of amides is 1. The molecule has 1 aromatic rings. The standard InChI is InChI=1S/C11H14BrN3O4S/c12-9-2-1-8(7-10(9)16)11(17)14-3-5-15(6-4-14)20(13,18)19/h1-2,7,16H,3-6H2,(H2,13,18,19). The van der Waals surface area contributed by atoms with E-state index in [1.54, 1.807) is 12.1 Å². The number of halogens is 1. The molecule has 1 amide bonds. The molecule has 1 fully saturated rings. The number of nitrogens with two attached hydrogens (primary N) is 1. The normalized spacial score (nSPS) is 17.2. The number of aromatic hydroxyl groups is 1. The monoisotopic (exact) mass is 363 g/mol. The number of hydrogen-bond donors (Lipinski definition) is 2. The van der Waals surface area contributed by atoms with Gasteiger partial charge in [0.2, 0.25) is 0 Å². The molecule has 0 bridgehead atoms. The van der Waals surface area contributed by atoms with Gasteiger partial charge in [-0.3, -0.25) is 4.79 Å². The van der Waals surface area contributed by atoms with Crippen LogP contribution in [0.3, 0.4) is 0 Å². The average molecular weight is 364 g/mol. The summed E-state index contributed by atoms with van der Waals surface area (Å²) in [6.07, 6.45) is 0. The number of piperazine rings is 1. The lowest BCUT2D eigenvalue weighted by Gasteiger charge is -2.33. The van der Waals surface area contributed by atoms with Crippen molar-refractivity contribution in [2.75, 3.05) is 26.2 Å². The van der Waals surface area contributed by atoms with Crippen LogP contribution in [0.1, 0.15) is 10.4 Å². The first-order valence-electron chi connectivity index (χ1n) is 5.84. The summed E-state index contributed by atoms with van der Waals surface area (Å²) in [5.41, 5.74) is 0.356. The number of phenols is 1. The highest BCUT2D eigenvalue weighted by molar-refractivity contribution is 9.10. The quantitative estimate of drug-likeness (QED) is 0.778. The fourth-order valence-corrected chi connectivity index (χ4v) is 2.89. The third-order valence-corrected chi connectivity index (χ3v) is 4.83. The first-order chi connectivity index (χ1) is 9.29. The molecular formula is C11H14BrN3O4S. The number of rotatable bonds is 2. The van der Waals surface area contributed by atoms with Crippen LogP contribution in [0.15, 0.2) is 22.7 Å². The Balaban J connectivity index is 2.07. The molecule has 110 valence electrons. The van der Waals surface area contributed by atoms with Crippen molar-refractivity contribution < 1.29 is 18.3 Å². The highest BCUT2D eigenvalue weighted by atomic mass is 79.9. The van der Waals surface area contributed by atoms with Gasteiger partial charge in [0.15, 0.2) is 0 Å². The fraction of sp³-hybridized carbons (Fsp3) is 0.364. The van der Waals surface area contributed by atoms with Gasteiger partial charge in [-0.05, 0) is 34.1 Å². The Hall–Kier alpha value is -1.16. The maximum absolute atomic E-state index is 12.2. The van der Waals surface area contributed by atoms with Crippen molar-refractivity contribution in [3.8, 4) is 5.75 Å². The van der Waals surface area contributed by atoms with Gasteiger partial charge in [0.05, 0.1) is 4.47 Å². The molecule has 1 aliphatic heterocycles. The third kappa shape index (κ3) is 3.29. The Labute approximate surface area is 125 Å². The molecule has 9 heteroatoms. The van der Waals surface area contributed by atoms with Crippen LogP contribution in [0.25, 0.3) is 0 Å². The Morgan fingerprint density at radius 3 is 2.35 bits per heavy atom. The number of carbonyl (C=O) groups is 1. The molecule has 1 heterocycles. The van der Waals surface area contributed by atoms with Gasteiger partial charge in [-0.25, -0.2) is 5.14 Å². The second-order valence-corrected chi connectivity index (χ2v) is 6.80. The predicted molar refractivity (Wildman–Crippen MR) is 76.4 cm³/mol. The van der Waals surface area contributed by atoms with E-state index in [4.69, 9.17) is 5.14 Å². The number of hydrogen-bond acceptors (Lipinski definition) is 4. The summed E-state index contributed by atoms with van der Waals surface area (Å²) in [6.45, 7) is 0.887.